The molecule has 4 rings (SSSR count). The molecule has 0 spiro atoms. The van der Waals surface area contributed by atoms with E-state index in [0.717, 1.165) is 5.56 Å². The molecule has 34 heavy (non-hydrogen) atoms. The van der Waals surface area contributed by atoms with Gasteiger partial charge in [0.15, 0.2) is 0 Å². The number of benzene rings is 3. The fourth-order valence-corrected chi connectivity index (χ4v) is 3.73. The predicted octanol–water partition coefficient (Wildman–Crippen LogP) is 3.23. The largest absolute Gasteiger partial charge is 0.480 e. The first kappa shape index (κ1) is 22.5. The highest BCUT2D eigenvalue weighted by atomic mass is 16.4. The molecule has 0 unspecified atom stereocenters. The zero-order valence-electron chi connectivity index (χ0n) is 17.9. The van der Waals surface area contributed by atoms with Crippen LogP contribution in [0.2, 0.25) is 0 Å². The number of carboxylic acids is 2. The number of nitrogens with one attached hydrogen (secondary N) is 1. The lowest BCUT2D eigenvalue weighted by atomic mass is 10.00. The van der Waals surface area contributed by atoms with Gasteiger partial charge in [-0.3, -0.25) is 14.4 Å². The van der Waals surface area contributed by atoms with E-state index in [0.29, 0.717) is 23.2 Å². The summed E-state index contributed by atoms with van der Waals surface area (Å²) < 4.78 is 1.76. The Morgan fingerprint density at radius 1 is 0.853 bits per heavy atom. The Labute approximate surface area is 193 Å². The molecule has 0 bridgehead atoms. The van der Waals surface area contributed by atoms with Crippen molar-refractivity contribution in [3.63, 3.8) is 0 Å². The minimum absolute atomic E-state index is 0.112. The number of aliphatic carboxylic acids is 1. The number of rotatable bonds is 7. The molecule has 1 heterocycles. The summed E-state index contributed by atoms with van der Waals surface area (Å²) in [6, 6.07) is 21.0. The van der Waals surface area contributed by atoms with Crippen molar-refractivity contribution in [1.82, 2.24) is 9.88 Å². The van der Waals surface area contributed by atoms with Gasteiger partial charge in [-0.05, 0) is 41.0 Å². The van der Waals surface area contributed by atoms with E-state index in [-0.39, 0.29) is 16.5 Å². The normalized spacial score (nSPS) is 10.7. The van der Waals surface area contributed by atoms with Gasteiger partial charge in [0, 0.05) is 18.1 Å². The second kappa shape index (κ2) is 9.41. The van der Waals surface area contributed by atoms with Crippen LogP contribution in [0.15, 0.2) is 83.8 Å². The Morgan fingerprint density at radius 3 is 2.29 bits per heavy atom. The van der Waals surface area contributed by atoms with E-state index in [4.69, 9.17) is 5.11 Å². The zero-order valence-corrected chi connectivity index (χ0v) is 17.9. The molecule has 0 aliphatic carbocycles. The fourth-order valence-electron chi connectivity index (χ4n) is 3.73. The summed E-state index contributed by atoms with van der Waals surface area (Å²) in [5, 5.41) is 20.7. The molecule has 3 aromatic carbocycles. The summed E-state index contributed by atoms with van der Waals surface area (Å²) >= 11 is 0. The Kier molecular flexibility index (Phi) is 6.22. The van der Waals surface area contributed by atoms with Crippen molar-refractivity contribution in [2.24, 2.45) is 0 Å². The summed E-state index contributed by atoms with van der Waals surface area (Å²) in [4.78, 5) is 48.1. The van der Waals surface area contributed by atoms with Crippen LogP contribution in [0.25, 0.3) is 22.0 Å². The first-order valence-electron chi connectivity index (χ1n) is 10.4. The molecule has 8 heteroatoms. The molecule has 4 aromatic rings. The maximum Gasteiger partial charge on any atom is 0.335 e. The van der Waals surface area contributed by atoms with E-state index in [1.165, 1.54) is 18.3 Å². The Balaban J connectivity index is 1.88. The second-order valence-corrected chi connectivity index (χ2v) is 7.68. The molecule has 170 valence electrons. The van der Waals surface area contributed by atoms with Crippen LogP contribution in [0.1, 0.15) is 26.3 Å². The fraction of sp³-hybridized carbons (Fsp3) is 0.0769. The molecule has 0 saturated heterocycles. The van der Waals surface area contributed by atoms with E-state index >= 15 is 0 Å². The van der Waals surface area contributed by atoms with Crippen molar-refractivity contribution in [3.8, 4) is 11.1 Å². The van der Waals surface area contributed by atoms with E-state index in [1.54, 1.807) is 34.9 Å². The number of carbonyl (C=O) groups excluding carboxylic acids is 1. The minimum atomic E-state index is -1.22. The van der Waals surface area contributed by atoms with Gasteiger partial charge in [0.1, 0.15) is 12.1 Å². The van der Waals surface area contributed by atoms with Crippen molar-refractivity contribution < 1.29 is 24.6 Å². The van der Waals surface area contributed by atoms with Crippen molar-refractivity contribution in [1.29, 1.82) is 0 Å². The predicted molar refractivity (Wildman–Crippen MR) is 126 cm³/mol. The highest BCUT2D eigenvalue weighted by Gasteiger charge is 2.17. The third kappa shape index (κ3) is 4.71. The summed E-state index contributed by atoms with van der Waals surface area (Å²) in [5.74, 6) is -3.07. The smallest absolute Gasteiger partial charge is 0.335 e. The van der Waals surface area contributed by atoms with Crippen LogP contribution in [-0.2, 0) is 11.3 Å². The second-order valence-electron chi connectivity index (χ2n) is 7.68. The number of aromatic carboxylic acids is 1. The van der Waals surface area contributed by atoms with E-state index < -0.39 is 29.8 Å². The molecular weight excluding hydrogens is 436 g/mol. The van der Waals surface area contributed by atoms with Gasteiger partial charge < -0.3 is 20.1 Å². The molecule has 0 fully saturated rings. The molecule has 0 aliphatic rings. The first-order chi connectivity index (χ1) is 16.3. The minimum Gasteiger partial charge on any atom is -0.480 e. The average molecular weight is 456 g/mol. The maximum atomic E-state index is 13.3. The van der Waals surface area contributed by atoms with Crippen molar-refractivity contribution in [2.75, 3.05) is 6.54 Å². The first-order valence-corrected chi connectivity index (χ1v) is 10.4. The van der Waals surface area contributed by atoms with Gasteiger partial charge >= 0.3 is 11.9 Å². The topological polar surface area (TPSA) is 126 Å². The van der Waals surface area contributed by atoms with E-state index in [9.17, 15) is 24.3 Å². The van der Waals surface area contributed by atoms with Gasteiger partial charge in [-0.2, -0.15) is 0 Å². The van der Waals surface area contributed by atoms with Crippen LogP contribution >= 0.6 is 0 Å². The standard InChI is InChI=1S/C26H20N2O6/c29-23(30)13-27-25(32)21-15-28(14-16-5-2-1-3-6-16)22-10-9-18(12-20(22)24(21)31)17-7-4-8-19(11-17)26(33)34/h1-12,15H,13-14H2,(H,27,32)(H,29,30)(H,33,34). The van der Waals surface area contributed by atoms with Crippen molar-refractivity contribution in [3.05, 3.63) is 106 Å². The molecule has 0 saturated carbocycles. The lowest BCUT2D eigenvalue weighted by Gasteiger charge is -2.15. The maximum absolute atomic E-state index is 13.3. The van der Waals surface area contributed by atoms with E-state index in [2.05, 4.69) is 5.32 Å². The monoisotopic (exact) mass is 456 g/mol. The van der Waals surface area contributed by atoms with Crippen LogP contribution in [-0.4, -0.2) is 39.2 Å². The summed E-state index contributed by atoms with van der Waals surface area (Å²) in [5.41, 5.74) is 2.14. The van der Waals surface area contributed by atoms with Gasteiger partial charge in [0.2, 0.25) is 5.43 Å². The van der Waals surface area contributed by atoms with Gasteiger partial charge in [-0.25, -0.2) is 4.79 Å². The summed E-state index contributed by atoms with van der Waals surface area (Å²) in [6.45, 7) is -0.234. The highest BCUT2D eigenvalue weighted by Crippen LogP contribution is 2.25. The molecule has 8 nitrogen and oxygen atoms in total. The van der Waals surface area contributed by atoms with Crippen molar-refractivity contribution >= 4 is 28.7 Å². The number of pyridine rings is 1. The van der Waals surface area contributed by atoms with Crippen LogP contribution in [0, 0.1) is 0 Å². The molecule has 3 N–H and O–H groups in total. The molecule has 1 amide bonds. The molecular formula is C26H20N2O6. The number of carboxylic acid groups (broad SMARTS) is 2. The molecule has 1 aromatic heterocycles. The lowest BCUT2D eigenvalue weighted by Crippen LogP contribution is -2.33. The van der Waals surface area contributed by atoms with Gasteiger partial charge in [0.25, 0.3) is 5.91 Å². The highest BCUT2D eigenvalue weighted by molar-refractivity contribution is 5.99. The third-order valence-electron chi connectivity index (χ3n) is 5.36. The molecule has 0 aliphatic heterocycles. The number of hydrogen-bond donors (Lipinski definition) is 3. The van der Waals surface area contributed by atoms with Gasteiger partial charge in [-0.15, -0.1) is 0 Å². The van der Waals surface area contributed by atoms with Crippen LogP contribution < -0.4 is 10.7 Å². The summed E-state index contributed by atoms with van der Waals surface area (Å²) in [7, 11) is 0. The number of fused-ring (bicyclic) bond motifs is 1. The molecule has 0 atom stereocenters. The number of nitrogens with zero attached hydrogens (tertiary/aromatic N) is 1. The van der Waals surface area contributed by atoms with E-state index in [1.807, 2.05) is 30.3 Å². The summed E-state index contributed by atoms with van der Waals surface area (Å²) in [6.07, 6.45) is 1.43. The SMILES string of the molecule is O=C(O)CNC(=O)c1cn(Cc2ccccc2)c2ccc(-c3cccc(C(=O)O)c3)cc2c1=O. The van der Waals surface area contributed by atoms with Crippen LogP contribution in [0.5, 0.6) is 0 Å². The third-order valence-corrected chi connectivity index (χ3v) is 5.36. The number of aromatic nitrogens is 1. The zero-order chi connectivity index (χ0) is 24.2. The van der Waals surface area contributed by atoms with Gasteiger partial charge in [-0.1, -0.05) is 48.5 Å². The van der Waals surface area contributed by atoms with Crippen molar-refractivity contribution in [2.45, 2.75) is 6.54 Å². The Hall–Kier alpha value is -4.72. The van der Waals surface area contributed by atoms with Crippen LogP contribution in [0.3, 0.4) is 0 Å². The number of hydrogen-bond acceptors (Lipinski definition) is 4. The van der Waals surface area contributed by atoms with Gasteiger partial charge in [0.05, 0.1) is 11.1 Å². The quantitative estimate of drug-likeness (QED) is 0.392. The Bertz CT molecular complexity index is 1470. The molecule has 0 radical (unpaired) electrons. The average Bonchev–Trinajstić information content (AvgIpc) is 2.84. The number of amides is 1. The Morgan fingerprint density at radius 2 is 1.59 bits per heavy atom. The van der Waals surface area contributed by atoms with Crippen LogP contribution in [0.4, 0.5) is 0 Å². The lowest BCUT2D eigenvalue weighted by molar-refractivity contribution is -0.135. The number of carbonyl (C=O) groups is 3.